The molecule has 0 fully saturated rings. The zero-order chi connectivity index (χ0) is 14.7. The lowest BCUT2D eigenvalue weighted by Crippen LogP contribution is -2.29. The number of rotatable bonds is 4. The second kappa shape index (κ2) is 5.79. The molecule has 0 bridgehead atoms. The van der Waals surface area contributed by atoms with Crippen LogP contribution in [-0.4, -0.2) is 24.0 Å². The lowest BCUT2D eigenvalue weighted by molar-refractivity contribution is 0.0984. The highest BCUT2D eigenvalue weighted by Gasteiger charge is 2.25. The molecule has 1 aliphatic heterocycles. The van der Waals surface area contributed by atoms with Crippen LogP contribution in [0, 0.1) is 0 Å². The second-order valence-corrected chi connectivity index (χ2v) is 4.93. The van der Waals surface area contributed by atoms with Crippen LogP contribution in [0.4, 0.5) is 11.4 Å². The Hall–Kier alpha value is -2.62. The highest BCUT2D eigenvalue weighted by atomic mass is 16.2. The van der Waals surface area contributed by atoms with Crippen LogP contribution >= 0.6 is 0 Å². The van der Waals surface area contributed by atoms with Crippen LogP contribution in [0.3, 0.4) is 0 Å². The average molecular weight is 279 g/mol. The van der Waals surface area contributed by atoms with E-state index in [0.717, 1.165) is 17.8 Å². The van der Waals surface area contributed by atoms with Crippen LogP contribution in [0.1, 0.15) is 16.1 Å². The van der Waals surface area contributed by atoms with Crippen molar-refractivity contribution in [1.29, 1.82) is 0 Å². The molecule has 0 radical (unpaired) electrons. The zero-order valence-corrected chi connectivity index (χ0v) is 11.7. The number of pyridine rings is 1. The standard InChI is InChI=1S/C17H17N3O/c1-2-9-18-14-7-10-19-15(12-14)17(21)20-11-8-13-5-3-4-6-16(13)20/h2-7,10,12H,1,8-9,11H2,(H,18,19). The van der Waals surface area contributed by atoms with Crippen molar-refractivity contribution in [1.82, 2.24) is 4.98 Å². The Morgan fingerprint density at radius 3 is 3.10 bits per heavy atom. The summed E-state index contributed by atoms with van der Waals surface area (Å²) < 4.78 is 0. The molecule has 0 saturated carbocycles. The van der Waals surface area contributed by atoms with E-state index in [1.807, 2.05) is 24.3 Å². The van der Waals surface area contributed by atoms with E-state index in [1.165, 1.54) is 5.56 Å². The predicted octanol–water partition coefficient (Wildman–Crippen LogP) is 2.88. The fourth-order valence-electron chi connectivity index (χ4n) is 2.53. The number of nitrogens with zero attached hydrogens (tertiary/aromatic N) is 2. The van der Waals surface area contributed by atoms with Gasteiger partial charge in [0.25, 0.3) is 5.91 Å². The highest BCUT2D eigenvalue weighted by Crippen LogP contribution is 2.28. The van der Waals surface area contributed by atoms with Gasteiger partial charge < -0.3 is 10.2 Å². The smallest absolute Gasteiger partial charge is 0.276 e. The number of carbonyl (C=O) groups is 1. The summed E-state index contributed by atoms with van der Waals surface area (Å²) in [6.45, 7) is 5.04. The van der Waals surface area contributed by atoms with Gasteiger partial charge >= 0.3 is 0 Å². The van der Waals surface area contributed by atoms with Crippen molar-refractivity contribution in [2.45, 2.75) is 6.42 Å². The molecule has 0 spiro atoms. The number of fused-ring (bicyclic) bond motifs is 1. The van der Waals surface area contributed by atoms with E-state index < -0.39 is 0 Å². The Balaban J connectivity index is 1.84. The fraction of sp³-hybridized carbons (Fsp3) is 0.176. The van der Waals surface area contributed by atoms with Crippen molar-refractivity contribution in [3.63, 3.8) is 0 Å². The number of anilines is 2. The number of hydrogen-bond donors (Lipinski definition) is 1. The Morgan fingerprint density at radius 2 is 2.24 bits per heavy atom. The third-order valence-corrected chi connectivity index (χ3v) is 3.56. The summed E-state index contributed by atoms with van der Waals surface area (Å²) in [6, 6.07) is 11.6. The van der Waals surface area contributed by atoms with E-state index in [4.69, 9.17) is 0 Å². The van der Waals surface area contributed by atoms with E-state index in [2.05, 4.69) is 22.9 Å². The summed E-state index contributed by atoms with van der Waals surface area (Å²) in [6.07, 6.45) is 4.33. The number of benzene rings is 1. The van der Waals surface area contributed by atoms with Crippen molar-refractivity contribution < 1.29 is 4.79 Å². The molecule has 0 saturated heterocycles. The second-order valence-electron chi connectivity index (χ2n) is 4.93. The lowest BCUT2D eigenvalue weighted by atomic mass is 10.2. The molecule has 1 N–H and O–H groups in total. The van der Waals surface area contributed by atoms with Gasteiger partial charge in [-0.05, 0) is 30.2 Å². The molecule has 1 aromatic heterocycles. The third kappa shape index (κ3) is 2.65. The monoisotopic (exact) mass is 279 g/mol. The van der Waals surface area contributed by atoms with E-state index in [-0.39, 0.29) is 5.91 Å². The summed E-state index contributed by atoms with van der Waals surface area (Å²) in [5.74, 6) is -0.0535. The van der Waals surface area contributed by atoms with Crippen LogP contribution < -0.4 is 10.2 Å². The van der Waals surface area contributed by atoms with Gasteiger partial charge in [0.15, 0.2) is 0 Å². The van der Waals surface area contributed by atoms with E-state index >= 15 is 0 Å². The van der Waals surface area contributed by atoms with Gasteiger partial charge in [0.2, 0.25) is 0 Å². The van der Waals surface area contributed by atoms with Crippen molar-refractivity contribution in [3.05, 3.63) is 66.5 Å². The molecule has 2 aromatic rings. The van der Waals surface area contributed by atoms with Gasteiger partial charge in [0, 0.05) is 30.7 Å². The lowest BCUT2D eigenvalue weighted by Gasteiger charge is -2.17. The maximum absolute atomic E-state index is 12.7. The highest BCUT2D eigenvalue weighted by molar-refractivity contribution is 6.06. The Morgan fingerprint density at radius 1 is 1.38 bits per heavy atom. The van der Waals surface area contributed by atoms with Gasteiger partial charge in [0.05, 0.1) is 0 Å². The molecule has 1 aliphatic rings. The maximum atomic E-state index is 12.7. The number of aromatic nitrogens is 1. The summed E-state index contributed by atoms with van der Waals surface area (Å²) in [7, 11) is 0. The van der Waals surface area contributed by atoms with Crippen LogP contribution in [0.15, 0.2) is 55.3 Å². The largest absolute Gasteiger partial charge is 0.381 e. The molecule has 1 amide bonds. The topological polar surface area (TPSA) is 45.2 Å². The molecule has 21 heavy (non-hydrogen) atoms. The molecule has 4 nitrogen and oxygen atoms in total. The molecular formula is C17H17N3O. The first kappa shape index (κ1) is 13.4. The van der Waals surface area contributed by atoms with Gasteiger partial charge in [-0.15, -0.1) is 6.58 Å². The molecule has 2 heterocycles. The Labute approximate surface area is 124 Å². The minimum atomic E-state index is -0.0535. The van der Waals surface area contributed by atoms with Crippen LogP contribution in [0.2, 0.25) is 0 Å². The maximum Gasteiger partial charge on any atom is 0.276 e. The summed E-state index contributed by atoms with van der Waals surface area (Å²) in [4.78, 5) is 18.7. The predicted molar refractivity (Wildman–Crippen MR) is 84.7 cm³/mol. The molecule has 3 rings (SSSR count). The van der Waals surface area contributed by atoms with Crippen molar-refractivity contribution >= 4 is 17.3 Å². The average Bonchev–Trinajstić information content (AvgIpc) is 2.96. The van der Waals surface area contributed by atoms with E-state index in [9.17, 15) is 4.79 Å². The minimum absolute atomic E-state index is 0.0535. The van der Waals surface area contributed by atoms with Gasteiger partial charge in [-0.25, -0.2) is 0 Å². The SMILES string of the molecule is C=CCNc1ccnc(C(=O)N2CCc3ccccc32)c1. The van der Waals surface area contributed by atoms with E-state index in [0.29, 0.717) is 18.8 Å². The van der Waals surface area contributed by atoms with Gasteiger partial charge in [-0.1, -0.05) is 24.3 Å². The van der Waals surface area contributed by atoms with Gasteiger partial charge in [-0.2, -0.15) is 0 Å². The normalized spacial score (nSPS) is 12.9. The first-order valence-corrected chi connectivity index (χ1v) is 7.00. The number of nitrogens with one attached hydrogen (secondary N) is 1. The summed E-state index contributed by atoms with van der Waals surface area (Å²) in [5.41, 5.74) is 3.54. The number of hydrogen-bond acceptors (Lipinski definition) is 3. The number of carbonyl (C=O) groups excluding carboxylic acids is 1. The third-order valence-electron chi connectivity index (χ3n) is 3.56. The van der Waals surface area contributed by atoms with Crippen LogP contribution in [0.5, 0.6) is 0 Å². The van der Waals surface area contributed by atoms with Crippen molar-refractivity contribution in [2.24, 2.45) is 0 Å². The first-order valence-electron chi connectivity index (χ1n) is 7.00. The fourth-order valence-corrected chi connectivity index (χ4v) is 2.53. The van der Waals surface area contributed by atoms with Crippen LogP contribution in [0.25, 0.3) is 0 Å². The molecule has 0 unspecified atom stereocenters. The molecule has 0 aliphatic carbocycles. The molecule has 106 valence electrons. The summed E-state index contributed by atoms with van der Waals surface area (Å²) in [5, 5.41) is 3.17. The molecule has 4 heteroatoms. The van der Waals surface area contributed by atoms with Crippen molar-refractivity contribution in [2.75, 3.05) is 23.3 Å². The molecule has 0 atom stereocenters. The first-order chi connectivity index (χ1) is 10.3. The van der Waals surface area contributed by atoms with Gasteiger partial charge in [-0.3, -0.25) is 9.78 Å². The van der Waals surface area contributed by atoms with E-state index in [1.54, 1.807) is 23.2 Å². The van der Waals surface area contributed by atoms with Gasteiger partial charge in [0.1, 0.15) is 5.69 Å². The summed E-state index contributed by atoms with van der Waals surface area (Å²) >= 11 is 0. The Kier molecular flexibility index (Phi) is 3.69. The molecular weight excluding hydrogens is 262 g/mol. The van der Waals surface area contributed by atoms with Crippen LogP contribution in [-0.2, 0) is 6.42 Å². The van der Waals surface area contributed by atoms with Crippen molar-refractivity contribution in [3.8, 4) is 0 Å². The quantitative estimate of drug-likeness (QED) is 0.875. The minimum Gasteiger partial charge on any atom is -0.381 e. The number of amides is 1. The number of para-hydroxylation sites is 1. The zero-order valence-electron chi connectivity index (χ0n) is 11.7. The Bertz CT molecular complexity index is 681. The molecule has 1 aromatic carbocycles.